The van der Waals surface area contributed by atoms with Gasteiger partial charge in [-0.2, -0.15) is 0 Å². The molecule has 0 aliphatic rings. The number of imidazole rings is 1. The summed E-state index contributed by atoms with van der Waals surface area (Å²) in [5.74, 6) is 0. The molecule has 0 fully saturated rings. The van der Waals surface area contributed by atoms with Gasteiger partial charge in [0.25, 0.3) is 0 Å². The Balaban J connectivity index is 0.000000514. The lowest BCUT2D eigenvalue weighted by molar-refractivity contribution is 1.10. The molecule has 2 heteroatoms. The molecule has 0 radical (unpaired) electrons. The molecule has 2 heterocycles. The van der Waals surface area contributed by atoms with Crippen molar-refractivity contribution in [2.75, 3.05) is 0 Å². The van der Waals surface area contributed by atoms with E-state index in [0.29, 0.717) is 0 Å². The summed E-state index contributed by atoms with van der Waals surface area (Å²) in [5, 5.41) is 2.46. The van der Waals surface area contributed by atoms with E-state index in [1.165, 1.54) is 16.5 Å². The Hall–Kier alpha value is -1.83. The minimum atomic E-state index is 1.06. The third kappa shape index (κ3) is 1.80. The van der Waals surface area contributed by atoms with Crippen LogP contribution >= 0.6 is 0 Å². The van der Waals surface area contributed by atoms with Crippen LogP contribution in [0.25, 0.3) is 16.4 Å². The number of benzene rings is 1. The van der Waals surface area contributed by atoms with E-state index < -0.39 is 0 Å². The van der Waals surface area contributed by atoms with Crippen molar-refractivity contribution in [3.05, 3.63) is 47.9 Å². The van der Waals surface area contributed by atoms with Crippen LogP contribution in [0.3, 0.4) is 0 Å². The van der Waals surface area contributed by atoms with Crippen LogP contribution in [-0.4, -0.2) is 9.38 Å². The second-order valence-corrected chi connectivity index (χ2v) is 3.88. The number of hydrogen-bond donors (Lipinski definition) is 0. The van der Waals surface area contributed by atoms with Gasteiger partial charge in [0.2, 0.25) is 0 Å². The summed E-state index contributed by atoms with van der Waals surface area (Å²) >= 11 is 0. The molecule has 3 rings (SSSR count). The van der Waals surface area contributed by atoms with Crippen molar-refractivity contribution >= 4 is 16.4 Å². The molecule has 88 valence electrons. The van der Waals surface area contributed by atoms with Crippen molar-refractivity contribution in [3.63, 3.8) is 0 Å². The number of fused-ring (bicyclic) bond motifs is 3. The lowest BCUT2D eigenvalue weighted by Crippen LogP contribution is -1.87. The SMILES string of the molecule is CC.Cc1nc2c3ccccc3ccn2c1C. The second kappa shape index (κ2) is 4.58. The summed E-state index contributed by atoms with van der Waals surface area (Å²) in [6.07, 6.45) is 2.09. The maximum Gasteiger partial charge on any atom is 0.145 e. The Labute approximate surface area is 102 Å². The summed E-state index contributed by atoms with van der Waals surface area (Å²) in [7, 11) is 0. The van der Waals surface area contributed by atoms with E-state index >= 15 is 0 Å². The van der Waals surface area contributed by atoms with Gasteiger partial charge < -0.3 is 4.40 Å². The third-order valence-electron chi connectivity index (χ3n) is 2.99. The highest BCUT2D eigenvalue weighted by molar-refractivity contribution is 5.94. The zero-order chi connectivity index (χ0) is 12.4. The van der Waals surface area contributed by atoms with Crippen LogP contribution in [0.4, 0.5) is 0 Å². The molecule has 2 aromatic heterocycles. The second-order valence-electron chi connectivity index (χ2n) is 3.88. The predicted molar refractivity (Wildman–Crippen MR) is 73.5 cm³/mol. The van der Waals surface area contributed by atoms with Gasteiger partial charge in [0.05, 0.1) is 5.69 Å². The summed E-state index contributed by atoms with van der Waals surface area (Å²) in [5.41, 5.74) is 3.38. The average molecular weight is 226 g/mol. The molecule has 0 N–H and O–H groups in total. The lowest BCUT2D eigenvalue weighted by atomic mass is 10.2. The highest BCUT2D eigenvalue weighted by Gasteiger charge is 2.06. The van der Waals surface area contributed by atoms with Crippen molar-refractivity contribution in [1.82, 2.24) is 9.38 Å². The molecule has 17 heavy (non-hydrogen) atoms. The molecule has 0 atom stereocenters. The number of aromatic nitrogens is 2. The van der Waals surface area contributed by atoms with Gasteiger partial charge in [-0.15, -0.1) is 0 Å². The molecule has 0 saturated heterocycles. The molecule has 0 saturated carbocycles. The molecule has 0 spiro atoms. The number of hydrogen-bond acceptors (Lipinski definition) is 1. The maximum atomic E-state index is 4.60. The Morgan fingerprint density at radius 1 is 1.00 bits per heavy atom. The molecule has 3 aromatic rings. The summed E-state index contributed by atoms with van der Waals surface area (Å²) in [6, 6.07) is 10.5. The first-order valence-electron chi connectivity index (χ1n) is 6.10. The Morgan fingerprint density at radius 3 is 2.47 bits per heavy atom. The number of aryl methyl sites for hydroxylation is 2. The molecule has 0 aliphatic heterocycles. The first kappa shape index (κ1) is 11.6. The number of rotatable bonds is 0. The van der Waals surface area contributed by atoms with Crippen LogP contribution in [0.15, 0.2) is 36.5 Å². The normalized spacial score (nSPS) is 10.4. The van der Waals surface area contributed by atoms with E-state index in [2.05, 4.69) is 59.8 Å². The van der Waals surface area contributed by atoms with Crippen molar-refractivity contribution in [2.24, 2.45) is 0 Å². The van der Waals surface area contributed by atoms with Gasteiger partial charge in [-0.3, -0.25) is 0 Å². The number of nitrogens with zero attached hydrogens (tertiary/aromatic N) is 2. The molecule has 0 amide bonds. The summed E-state index contributed by atoms with van der Waals surface area (Å²) < 4.78 is 2.15. The zero-order valence-corrected chi connectivity index (χ0v) is 10.9. The van der Waals surface area contributed by atoms with Crippen LogP contribution in [0.1, 0.15) is 25.2 Å². The van der Waals surface area contributed by atoms with E-state index in [9.17, 15) is 0 Å². The van der Waals surface area contributed by atoms with Gasteiger partial charge in [-0.25, -0.2) is 4.98 Å². The van der Waals surface area contributed by atoms with Crippen molar-refractivity contribution < 1.29 is 0 Å². The van der Waals surface area contributed by atoms with Crippen molar-refractivity contribution in [1.29, 1.82) is 0 Å². The van der Waals surface area contributed by atoms with Gasteiger partial charge in [0, 0.05) is 17.3 Å². The van der Waals surface area contributed by atoms with Gasteiger partial charge in [0.15, 0.2) is 0 Å². The van der Waals surface area contributed by atoms with Gasteiger partial charge in [-0.1, -0.05) is 38.1 Å². The Bertz CT molecular complexity index is 650. The minimum Gasteiger partial charge on any atom is -0.304 e. The van der Waals surface area contributed by atoms with Gasteiger partial charge in [-0.05, 0) is 25.3 Å². The van der Waals surface area contributed by atoms with Crippen molar-refractivity contribution in [2.45, 2.75) is 27.7 Å². The molecular formula is C15H18N2. The molecule has 0 unspecified atom stereocenters. The van der Waals surface area contributed by atoms with Crippen LogP contribution in [0, 0.1) is 13.8 Å². The van der Waals surface area contributed by atoms with Crippen LogP contribution in [0.5, 0.6) is 0 Å². The molecule has 0 aliphatic carbocycles. The minimum absolute atomic E-state index is 1.06. The molecule has 1 aromatic carbocycles. The van der Waals surface area contributed by atoms with Crippen LogP contribution in [-0.2, 0) is 0 Å². The maximum absolute atomic E-state index is 4.60. The van der Waals surface area contributed by atoms with E-state index in [0.717, 1.165) is 11.3 Å². The quantitative estimate of drug-likeness (QED) is 0.563. The van der Waals surface area contributed by atoms with Crippen LogP contribution < -0.4 is 0 Å². The van der Waals surface area contributed by atoms with E-state index in [4.69, 9.17) is 0 Å². The van der Waals surface area contributed by atoms with E-state index in [1.54, 1.807) is 0 Å². The number of pyridine rings is 1. The fraction of sp³-hybridized carbons (Fsp3) is 0.267. The smallest absolute Gasteiger partial charge is 0.145 e. The highest BCUT2D eigenvalue weighted by atomic mass is 15.0. The fourth-order valence-corrected chi connectivity index (χ4v) is 2.00. The molecule has 0 bridgehead atoms. The first-order chi connectivity index (χ1) is 8.27. The Morgan fingerprint density at radius 2 is 1.71 bits per heavy atom. The largest absolute Gasteiger partial charge is 0.304 e. The van der Waals surface area contributed by atoms with Crippen molar-refractivity contribution in [3.8, 4) is 0 Å². The third-order valence-corrected chi connectivity index (χ3v) is 2.99. The highest BCUT2D eigenvalue weighted by Crippen LogP contribution is 2.21. The summed E-state index contributed by atoms with van der Waals surface area (Å²) in [6.45, 7) is 8.15. The average Bonchev–Trinajstić information content (AvgIpc) is 2.68. The van der Waals surface area contributed by atoms with Crippen LogP contribution in [0.2, 0.25) is 0 Å². The van der Waals surface area contributed by atoms with E-state index in [1.807, 2.05) is 13.8 Å². The van der Waals surface area contributed by atoms with Gasteiger partial charge in [0.1, 0.15) is 5.65 Å². The molecule has 2 nitrogen and oxygen atoms in total. The first-order valence-corrected chi connectivity index (χ1v) is 6.10. The molecular weight excluding hydrogens is 208 g/mol. The summed E-state index contributed by atoms with van der Waals surface area (Å²) in [4.78, 5) is 4.60. The topological polar surface area (TPSA) is 17.3 Å². The van der Waals surface area contributed by atoms with E-state index in [-0.39, 0.29) is 0 Å². The van der Waals surface area contributed by atoms with Gasteiger partial charge >= 0.3 is 0 Å². The Kier molecular flexibility index (Phi) is 3.14. The monoisotopic (exact) mass is 226 g/mol. The zero-order valence-electron chi connectivity index (χ0n) is 10.9. The predicted octanol–water partition coefficient (Wildman–Crippen LogP) is 4.13. The fourth-order valence-electron chi connectivity index (χ4n) is 2.00. The standard InChI is InChI=1S/C13H12N2.C2H6/c1-9-10(2)15-8-7-11-5-3-4-6-12(11)13(15)14-9;1-2/h3-8H,1-2H3;1-2H3. The lowest BCUT2D eigenvalue weighted by Gasteiger charge is -2.00.